The van der Waals surface area contributed by atoms with E-state index in [1.807, 2.05) is 18.2 Å². The van der Waals surface area contributed by atoms with E-state index in [2.05, 4.69) is 16.7 Å². The molecular formula is C11H17O3P. The zero-order chi connectivity index (χ0) is 10.9. The molecule has 84 valence electrons. The lowest BCUT2D eigenvalue weighted by Crippen LogP contribution is -1.89. The third kappa shape index (κ3) is 6.45. The van der Waals surface area contributed by atoms with Gasteiger partial charge in [0.15, 0.2) is 0 Å². The van der Waals surface area contributed by atoms with Crippen molar-refractivity contribution in [1.82, 2.24) is 0 Å². The van der Waals surface area contributed by atoms with Crippen LogP contribution in [-0.2, 0) is 15.5 Å². The van der Waals surface area contributed by atoms with Crippen LogP contribution in [0.3, 0.4) is 0 Å². The van der Waals surface area contributed by atoms with Gasteiger partial charge in [-0.2, -0.15) is 0 Å². The van der Waals surface area contributed by atoms with Gasteiger partial charge in [-0.15, -0.1) is 0 Å². The number of rotatable bonds is 7. The predicted octanol–water partition coefficient (Wildman–Crippen LogP) is 2.80. The molecule has 0 saturated heterocycles. The monoisotopic (exact) mass is 228 g/mol. The van der Waals surface area contributed by atoms with E-state index in [1.54, 1.807) is 0 Å². The summed E-state index contributed by atoms with van der Waals surface area (Å²) in [5.74, 6) is 0. The summed E-state index contributed by atoms with van der Waals surface area (Å²) >= 11 is 0. The van der Waals surface area contributed by atoms with Gasteiger partial charge in [0, 0.05) is 0 Å². The van der Waals surface area contributed by atoms with Crippen LogP contribution in [0.15, 0.2) is 30.3 Å². The molecule has 1 aromatic rings. The SMILES string of the molecule is O=[PH](O)OCCCCCc1ccccc1. The molecule has 0 spiro atoms. The van der Waals surface area contributed by atoms with Gasteiger partial charge < -0.3 is 9.42 Å². The first kappa shape index (κ1) is 12.4. The first-order valence-electron chi connectivity index (χ1n) is 5.18. The summed E-state index contributed by atoms with van der Waals surface area (Å²) in [5.41, 5.74) is 1.34. The first-order valence-corrected chi connectivity index (χ1v) is 6.45. The van der Waals surface area contributed by atoms with Crippen molar-refractivity contribution in [2.75, 3.05) is 6.61 Å². The molecule has 15 heavy (non-hydrogen) atoms. The molecule has 0 heterocycles. The molecule has 1 aromatic carbocycles. The lowest BCUT2D eigenvalue weighted by Gasteiger charge is -2.01. The van der Waals surface area contributed by atoms with Gasteiger partial charge in [-0.05, 0) is 24.8 Å². The van der Waals surface area contributed by atoms with Gasteiger partial charge in [0.25, 0.3) is 0 Å². The van der Waals surface area contributed by atoms with Crippen molar-refractivity contribution >= 4 is 8.25 Å². The highest BCUT2D eigenvalue weighted by atomic mass is 31.1. The van der Waals surface area contributed by atoms with Crippen LogP contribution in [0.5, 0.6) is 0 Å². The molecule has 1 atom stereocenters. The van der Waals surface area contributed by atoms with E-state index in [0.29, 0.717) is 6.61 Å². The van der Waals surface area contributed by atoms with Gasteiger partial charge in [0.05, 0.1) is 6.61 Å². The summed E-state index contributed by atoms with van der Waals surface area (Å²) < 4.78 is 14.8. The summed E-state index contributed by atoms with van der Waals surface area (Å²) in [6.45, 7) is 0.392. The highest BCUT2D eigenvalue weighted by Gasteiger charge is 1.94. The summed E-state index contributed by atoms with van der Waals surface area (Å²) in [4.78, 5) is 8.41. The zero-order valence-corrected chi connectivity index (χ0v) is 9.69. The first-order chi connectivity index (χ1) is 7.29. The molecule has 0 radical (unpaired) electrons. The van der Waals surface area contributed by atoms with Crippen molar-refractivity contribution < 1.29 is 14.0 Å². The lowest BCUT2D eigenvalue weighted by atomic mass is 10.1. The summed E-state index contributed by atoms with van der Waals surface area (Å²) in [7, 11) is -2.72. The van der Waals surface area contributed by atoms with E-state index < -0.39 is 8.25 Å². The van der Waals surface area contributed by atoms with Crippen molar-refractivity contribution in [2.45, 2.75) is 25.7 Å². The van der Waals surface area contributed by atoms with Crippen LogP contribution in [0.25, 0.3) is 0 Å². The smallest absolute Gasteiger partial charge is 0.316 e. The predicted molar refractivity (Wildman–Crippen MR) is 61.2 cm³/mol. The van der Waals surface area contributed by atoms with E-state index in [4.69, 9.17) is 4.89 Å². The van der Waals surface area contributed by atoms with Crippen molar-refractivity contribution in [1.29, 1.82) is 0 Å². The Morgan fingerprint density at radius 1 is 1.13 bits per heavy atom. The van der Waals surface area contributed by atoms with E-state index >= 15 is 0 Å². The van der Waals surface area contributed by atoms with Crippen molar-refractivity contribution in [3.63, 3.8) is 0 Å². The fourth-order valence-corrected chi connectivity index (χ4v) is 1.73. The molecule has 0 aromatic heterocycles. The molecule has 0 fully saturated rings. The lowest BCUT2D eigenvalue weighted by molar-refractivity contribution is 0.274. The summed E-state index contributed by atoms with van der Waals surface area (Å²) in [5, 5.41) is 0. The van der Waals surface area contributed by atoms with E-state index in [1.165, 1.54) is 5.56 Å². The normalized spacial score (nSPS) is 12.6. The largest absolute Gasteiger partial charge is 0.326 e. The fourth-order valence-electron chi connectivity index (χ4n) is 1.41. The molecule has 1 unspecified atom stereocenters. The highest BCUT2D eigenvalue weighted by molar-refractivity contribution is 7.32. The third-order valence-electron chi connectivity index (χ3n) is 2.18. The van der Waals surface area contributed by atoms with Crippen LogP contribution in [0.4, 0.5) is 0 Å². The second kappa shape index (κ2) is 7.63. The second-order valence-corrected chi connectivity index (χ2v) is 4.23. The summed E-state index contributed by atoms with van der Waals surface area (Å²) in [6.07, 6.45) is 4.04. The zero-order valence-electron chi connectivity index (χ0n) is 8.69. The molecule has 0 aliphatic carbocycles. The van der Waals surface area contributed by atoms with Gasteiger partial charge in [0.1, 0.15) is 0 Å². The number of hydrogen-bond acceptors (Lipinski definition) is 2. The van der Waals surface area contributed by atoms with Crippen molar-refractivity contribution in [3.05, 3.63) is 35.9 Å². The van der Waals surface area contributed by atoms with Crippen LogP contribution in [0.1, 0.15) is 24.8 Å². The van der Waals surface area contributed by atoms with Gasteiger partial charge in [-0.3, -0.25) is 4.57 Å². The van der Waals surface area contributed by atoms with Gasteiger partial charge in [-0.25, -0.2) is 0 Å². The molecule has 0 saturated carbocycles. The highest BCUT2D eigenvalue weighted by Crippen LogP contribution is 2.15. The average molecular weight is 228 g/mol. The molecule has 3 nitrogen and oxygen atoms in total. The third-order valence-corrected chi connectivity index (χ3v) is 2.63. The van der Waals surface area contributed by atoms with Crippen LogP contribution in [-0.4, -0.2) is 11.5 Å². The van der Waals surface area contributed by atoms with Gasteiger partial charge in [0.2, 0.25) is 0 Å². The number of hydrogen-bond donors (Lipinski definition) is 1. The van der Waals surface area contributed by atoms with Crippen LogP contribution in [0.2, 0.25) is 0 Å². The molecule has 1 N–H and O–H groups in total. The van der Waals surface area contributed by atoms with E-state index in [9.17, 15) is 4.57 Å². The molecule has 0 bridgehead atoms. The summed E-state index contributed by atoms with van der Waals surface area (Å²) in [6, 6.07) is 10.3. The van der Waals surface area contributed by atoms with Crippen LogP contribution < -0.4 is 0 Å². The van der Waals surface area contributed by atoms with Gasteiger partial charge >= 0.3 is 8.25 Å². The van der Waals surface area contributed by atoms with Crippen molar-refractivity contribution in [3.8, 4) is 0 Å². The minimum atomic E-state index is -2.72. The van der Waals surface area contributed by atoms with E-state index in [0.717, 1.165) is 25.7 Å². The van der Waals surface area contributed by atoms with Crippen molar-refractivity contribution in [2.24, 2.45) is 0 Å². The number of aryl methyl sites for hydroxylation is 1. The maximum atomic E-state index is 10.2. The Hall–Kier alpha value is -0.630. The van der Waals surface area contributed by atoms with Crippen LogP contribution in [0, 0.1) is 0 Å². The Kier molecular flexibility index (Phi) is 6.33. The molecular weight excluding hydrogens is 211 g/mol. The Bertz CT molecular complexity index is 287. The minimum absolute atomic E-state index is 0.392. The number of unbranched alkanes of at least 4 members (excludes halogenated alkanes) is 2. The Morgan fingerprint density at radius 2 is 1.87 bits per heavy atom. The Labute approximate surface area is 91.0 Å². The Morgan fingerprint density at radius 3 is 2.53 bits per heavy atom. The molecule has 0 aliphatic heterocycles. The average Bonchev–Trinajstić information content (AvgIpc) is 2.24. The standard InChI is InChI=1S/C11H17O3P/c12-15(13)14-10-6-2-5-9-11-7-3-1-4-8-11/h1,3-4,7-8,15H,2,5-6,9-10H2,(H,12,13). The maximum absolute atomic E-state index is 10.2. The molecule has 0 aliphatic rings. The Balaban J connectivity index is 2.00. The fraction of sp³-hybridized carbons (Fsp3) is 0.455. The molecule has 1 rings (SSSR count). The van der Waals surface area contributed by atoms with Gasteiger partial charge in [-0.1, -0.05) is 36.8 Å². The number of benzene rings is 1. The maximum Gasteiger partial charge on any atom is 0.316 e. The minimum Gasteiger partial charge on any atom is -0.326 e. The second-order valence-electron chi connectivity index (χ2n) is 3.41. The quantitative estimate of drug-likeness (QED) is 0.576. The molecule has 4 heteroatoms. The molecule has 0 amide bonds. The van der Waals surface area contributed by atoms with E-state index in [-0.39, 0.29) is 0 Å². The topological polar surface area (TPSA) is 46.5 Å². The van der Waals surface area contributed by atoms with Crippen LogP contribution >= 0.6 is 8.25 Å².